The number of aromatic nitrogens is 1. The Bertz CT molecular complexity index is 795. The summed E-state index contributed by atoms with van der Waals surface area (Å²) in [6, 6.07) is 11.2. The van der Waals surface area contributed by atoms with Gasteiger partial charge < -0.3 is 19.5 Å². The maximum atomic E-state index is 12.7. The Hall–Kier alpha value is -2.93. The number of aryl methyl sites for hydroxylation is 1. The van der Waals surface area contributed by atoms with Gasteiger partial charge >= 0.3 is 0 Å². The molecular weight excluding hydrogens is 346 g/mol. The number of anilines is 1. The lowest BCUT2D eigenvalue weighted by atomic mass is 10.2. The fourth-order valence-electron chi connectivity index (χ4n) is 2.88. The molecule has 1 fully saturated rings. The van der Waals surface area contributed by atoms with Gasteiger partial charge in [-0.3, -0.25) is 9.59 Å². The molecule has 0 bridgehead atoms. The minimum atomic E-state index is -0.331. The SMILES string of the molecule is Cc1cc(NC(=O)CN(CC2CCCO2)C(=O)/C=C/c2ccccc2)no1. The van der Waals surface area contributed by atoms with Crippen molar-refractivity contribution in [2.24, 2.45) is 0 Å². The molecule has 1 unspecified atom stereocenters. The first-order chi connectivity index (χ1) is 13.1. The second-order valence-corrected chi connectivity index (χ2v) is 6.47. The summed E-state index contributed by atoms with van der Waals surface area (Å²) in [5, 5.41) is 6.38. The predicted octanol–water partition coefficient (Wildman–Crippen LogP) is 2.64. The third kappa shape index (κ3) is 5.79. The van der Waals surface area contributed by atoms with Crippen LogP contribution in [0.5, 0.6) is 0 Å². The van der Waals surface area contributed by atoms with Crippen LogP contribution < -0.4 is 5.32 Å². The average molecular weight is 369 g/mol. The zero-order valence-corrected chi connectivity index (χ0v) is 15.3. The Balaban J connectivity index is 1.64. The van der Waals surface area contributed by atoms with Crippen molar-refractivity contribution in [3.05, 3.63) is 53.8 Å². The summed E-state index contributed by atoms with van der Waals surface area (Å²) in [6.45, 7) is 2.73. The van der Waals surface area contributed by atoms with Crippen LogP contribution in [0.1, 0.15) is 24.2 Å². The van der Waals surface area contributed by atoms with Gasteiger partial charge in [-0.15, -0.1) is 0 Å². The molecule has 1 aliphatic rings. The fraction of sp³-hybridized carbons (Fsp3) is 0.350. The molecule has 142 valence electrons. The van der Waals surface area contributed by atoms with E-state index < -0.39 is 0 Å². The van der Waals surface area contributed by atoms with E-state index in [1.807, 2.05) is 30.3 Å². The van der Waals surface area contributed by atoms with Crippen LogP contribution in [0.3, 0.4) is 0 Å². The Morgan fingerprint density at radius 3 is 2.81 bits per heavy atom. The van der Waals surface area contributed by atoms with Crippen molar-refractivity contribution in [1.82, 2.24) is 10.1 Å². The topological polar surface area (TPSA) is 84.7 Å². The van der Waals surface area contributed by atoms with Gasteiger partial charge in [-0.25, -0.2) is 0 Å². The van der Waals surface area contributed by atoms with E-state index in [0.717, 1.165) is 18.4 Å². The molecule has 2 aromatic rings. The van der Waals surface area contributed by atoms with Crippen molar-refractivity contribution in [3.63, 3.8) is 0 Å². The number of nitrogens with one attached hydrogen (secondary N) is 1. The highest BCUT2D eigenvalue weighted by Gasteiger charge is 2.23. The molecule has 0 saturated carbocycles. The molecule has 1 atom stereocenters. The van der Waals surface area contributed by atoms with Gasteiger partial charge in [0.1, 0.15) is 12.3 Å². The number of rotatable bonds is 7. The van der Waals surface area contributed by atoms with E-state index in [1.54, 1.807) is 19.1 Å². The van der Waals surface area contributed by atoms with Crippen LogP contribution in [0.15, 0.2) is 47.0 Å². The normalized spacial score (nSPS) is 16.6. The smallest absolute Gasteiger partial charge is 0.247 e. The average Bonchev–Trinajstić information content (AvgIpc) is 3.31. The van der Waals surface area contributed by atoms with E-state index in [1.165, 1.54) is 11.0 Å². The summed E-state index contributed by atoms with van der Waals surface area (Å²) in [6.07, 6.45) is 5.04. The maximum Gasteiger partial charge on any atom is 0.247 e. The highest BCUT2D eigenvalue weighted by molar-refractivity contribution is 5.97. The number of nitrogens with zero attached hydrogens (tertiary/aromatic N) is 2. The molecule has 0 spiro atoms. The number of hydrogen-bond donors (Lipinski definition) is 1. The maximum absolute atomic E-state index is 12.7. The number of amides is 2. The standard InChI is InChI=1S/C20H23N3O4/c1-15-12-18(22-27-15)21-19(24)14-23(13-17-8-5-11-26-17)20(25)10-9-16-6-3-2-4-7-16/h2-4,6-7,9-10,12,17H,5,8,11,13-14H2,1H3,(H,21,22,24)/b10-9+. The molecule has 1 aromatic heterocycles. The summed E-state index contributed by atoms with van der Waals surface area (Å²) >= 11 is 0. The molecule has 1 aliphatic heterocycles. The van der Waals surface area contributed by atoms with Crippen LogP contribution in [-0.2, 0) is 14.3 Å². The van der Waals surface area contributed by atoms with Crippen LogP contribution in [0, 0.1) is 6.92 Å². The molecule has 1 saturated heterocycles. The van der Waals surface area contributed by atoms with Crippen LogP contribution in [-0.4, -0.2) is 47.7 Å². The van der Waals surface area contributed by atoms with Crippen molar-refractivity contribution >= 4 is 23.7 Å². The van der Waals surface area contributed by atoms with Gasteiger partial charge in [0, 0.05) is 25.3 Å². The zero-order valence-electron chi connectivity index (χ0n) is 15.3. The summed E-state index contributed by atoms with van der Waals surface area (Å²) in [4.78, 5) is 26.5. The van der Waals surface area contributed by atoms with Gasteiger partial charge in [-0.05, 0) is 31.4 Å². The molecule has 3 rings (SSSR count). The van der Waals surface area contributed by atoms with Crippen molar-refractivity contribution in [3.8, 4) is 0 Å². The van der Waals surface area contributed by atoms with Crippen molar-refractivity contribution < 1.29 is 18.8 Å². The van der Waals surface area contributed by atoms with Crippen LogP contribution >= 0.6 is 0 Å². The highest BCUT2D eigenvalue weighted by atomic mass is 16.5. The Kier molecular flexibility index (Phi) is 6.38. The van der Waals surface area contributed by atoms with Gasteiger partial charge in [-0.2, -0.15) is 0 Å². The second-order valence-electron chi connectivity index (χ2n) is 6.47. The monoisotopic (exact) mass is 369 g/mol. The lowest BCUT2D eigenvalue weighted by Gasteiger charge is -2.23. The van der Waals surface area contributed by atoms with Crippen molar-refractivity contribution in [1.29, 1.82) is 0 Å². The van der Waals surface area contributed by atoms with Gasteiger partial charge in [0.25, 0.3) is 0 Å². The Labute approximate surface area is 158 Å². The summed E-state index contributed by atoms with van der Waals surface area (Å²) in [5.74, 6) is 0.369. The molecule has 0 aliphatic carbocycles. The molecule has 0 radical (unpaired) electrons. The molecule has 1 N–H and O–H groups in total. The third-order valence-corrected chi connectivity index (χ3v) is 4.21. The van der Waals surface area contributed by atoms with Crippen LogP contribution in [0.2, 0.25) is 0 Å². The first-order valence-electron chi connectivity index (χ1n) is 8.97. The van der Waals surface area contributed by atoms with Crippen LogP contribution in [0.4, 0.5) is 5.82 Å². The Morgan fingerprint density at radius 2 is 2.15 bits per heavy atom. The molecule has 27 heavy (non-hydrogen) atoms. The lowest BCUT2D eigenvalue weighted by Crippen LogP contribution is -2.41. The molecule has 7 heteroatoms. The van der Waals surface area contributed by atoms with Crippen molar-refractivity contribution in [2.75, 3.05) is 25.0 Å². The van der Waals surface area contributed by atoms with Gasteiger partial charge in [-0.1, -0.05) is 35.5 Å². The molecule has 1 aromatic carbocycles. The number of benzene rings is 1. The van der Waals surface area contributed by atoms with E-state index in [2.05, 4.69) is 10.5 Å². The summed E-state index contributed by atoms with van der Waals surface area (Å²) in [5.41, 5.74) is 0.922. The minimum absolute atomic E-state index is 0.0406. The largest absolute Gasteiger partial charge is 0.376 e. The quantitative estimate of drug-likeness (QED) is 0.759. The van der Waals surface area contributed by atoms with Gasteiger partial charge in [0.15, 0.2) is 5.82 Å². The van der Waals surface area contributed by atoms with E-state index in [4.69, 9.17) is 9.26 Å². The van der Waals surface area contributed by atoms with Gasteiger partial charge in [0.05, 0.1) is 6.10 Å². The summed E-state index contributed by atoms with van der Waals surface area (Å²) < 4.78 is 10.6. The predicted molar refractivity (Wildman–Crippen MR) is 101 cm³/mol. The molecular formula is C20H23N3O4. The fourth-order valence-corrected chi connectivity index (χ4v) is 2.88. The number of ether oxygens (including phenoxy) is 1. The number of hydrogen-bond acceptors (Lipinski definition) is 5. The number of carbonyl (C=O) groups is 2. The van der Waals surface area contributed by atoms with Gasteiger partial charge in [0.2, 0.25) is 11.8 Å². The van der Waals surface area contributed by atoms with Crippen LogP contribution in [0.25, 0.3) is 6.08 Å². The molecule has 2 heterocycles. The zero-order chi connectivity index (χ0) is 19.1. The van der Waals surface area contributed by atoms with E-state index >= 15 is 0 Å². The third-order valence-electron chi connectivity index (χ3n) is 4.21. The molecule has 2 amide bonds. The van der Waals surface area contributed by atoms with E-state index in [0.29, 0.717) is 24.7 Å². The molecule has 7 nitrogen and oxygen atoms in total. The first-order valence-corrected chi connectivity index (χ1v) is 8.97. The minimum Gasteiger partial charge on any atom is -0.376 e. The highest BCUT2D eigenvalue weighted by Crippen LogP contribution is 2.14. The summed E-state index contributed by atoms with van der Waals surface area (Å²) in [7, 11) is 0. The number of carbonyl (C=O) groups excluding carboxylic acids is 2. The second kappa shape index (κ2) is 9.14. The van der Waals surface area contributed by atoms with Crippen molar-refractivity contribution in [2.45, 2.75) is 25.9 Å². The van der Waals surface area contributed by atoms with E-state index in [-0.39, 0.29) is 24.5 Å². The lowest BCUT2D eigenvalue weighted by molar-refractivity contribution is -0.131. The first kappa shape index (κ1) is 18.8. The Morgan fingerprint density at radius 1 is 1.33 bits per heavy atom. The van der Waals surface area contributed by atoms with E-state index in [9.17, 15) is 9.59 Å².